The van der Waals surface area contributed by atoms with Gasteiger partial charge < -0.3 is 10.6 Å². The van der Waals surface area contributed by atoms with Crippen molar-refractivity contribution in [2.75, 3.05) is 6.54 Å². The van der Waals surface area contributed by atoms with Gasteiger partial charge in [-0.1, -0.05) is 51.1 Å². The van der Waals surface area contributed by atoms with Gasteiger partial charge in [-0.3, -0.25) is 9.59 Å². The van der Waals surface area contributed by atoms with Crippen molar-refractivity contribution in [3.8, 4) is 0 Å². The molecule has 0 aliphatic heterocycles. The van der Waals surface area contributed by atoms with Crippen LogP contribution in [0.4, 0.5) is 0 Å². The third-order valence-electron chi connectivity index (χ3n) is 4.45. The van der Waals surface area contributed by atoms with Gasteiger partial charge in [0.25, 0.3) is 0 Å². The topological polar surface area (TPSA) is 58.2 Å². The highest BCUT2D eigenvalue weighted by atomic mass is 16.2. The van der Waals surface area contributed by atoms with Crippen molar-refractivity contribution in [2.24, 2.45) is 5.41 Å². The summed E-state index contributed by atoms with van der Waals surface area (Å²) in [4.78, 5) is 23.7. The molecule has 2 N–H and O–H groups in total. The van der Waals surface area contributed by atoms with Crippen LogP contribution in [0.1, 0.15) is 57.9 Å². The van der Waals surface area contributed by atoms with Crippen molar-refractivity contribution in [3.05, 3.63) is 35.9 Å². The fourth-order valence-corrected chi connectivity index (χ4v) is 3.00. The normalized spacial score (nSPS) is 21.5. The molecule has 2 rings (SSSR count). The average Bonchev–Trinajstić information content (AvgIpc) is 2.53. The monoisotopic (exact) mass is 316 g/mol. The van der Waals surface area contributed by atoms with Gasteiger partial charge in [0.1, 0.15) is 0 Å². The van der Waals surface area contributed by atoms with Gasteiger partial charge in [0.2, 0.25) is 11.8 Å². The second kappa shape index (κ2) is 7.62. The van der Waals surface area contributed by atoms with Gasteiger partial charge in [0.05, 0.1) is 6.54 Å². The molecule has 1 aromatic carbocycles. The first-order valence-electron chi connectivity index (χ1n) is 8.49. The Morgan fingerprint density at radius 3 is 2.22 bits per heavy atom. The van der Waals surface area contributed by atoms with Crippen LogP contribution in [0.5, 0.6) is 0 Å². The molecule has 0 radical (unpaired) electrons. The second-order valence-electron chi connectivity index (χ2n) is 7.46. The van der Waals surface area contributed by atoms with Crippen LogP contribution in [0.3, 0.4) is 0 Å². The molecule has 4 nitrogen and oxygen atoms in total. The predicted octanol–water partition coefficient (Wildman–Crippen LogP) is 2.99. The molecule has 0 unspecified atom stereocenters. The molecule has 0 atom stereocenters. The lowest BCUT2D eigenvalue weighted by Crippen LogP contribution is -2.45. The van der Waals surface area contributed by atoms with Crippen molar-refractivity contribution in [1.29, 1.82) is 0 Å². The molecule has 1 aromatic rings. The highest BCUT2D eigenvalue weighted by Gasteiger charge is 2.24. The van der Waals surface area contributed by atoms with E-state index in [1.54, 1.807) is 0 Å². The molecular weight excluding hydrogens is 288 g/mol. The Labute approximate surface area is 139 Å². The van der Waals surface area contributed by atoms with Crippen LogP contribution >= 0.6 is 0 Å². The fourth-order valence-electron chi connectivity index (χ4n) is 3.00. The molecule has 23 heavy (non-hydrogen) atoms. The fraction of sp³-hybridized carbons (Fsp3) is 0.579. The van der Waals surface area contributed by atoms with E-state index in [4.69, 9.17) is 0 Å². The minimum atomic E-state index is -0.464. The van der Waals surface area contributed by atoms with Crippen molar-refractivity contribution >= 4 is 11.8 Å². The van der Waals surface area contributed by atoms with Crippen molar-refractivity contribution in [1.82, 2.24) is 10.6 Å². The van der Waals surface area contributed by atoms with Gasteiger partial charge in [-0.15, -0.1) is 0 Å². The molecule has 1 saturated carbocycles. The van der Waals surface area contributed by atoms with Gasteiger partial charge in [-0.25, -0.2) is 0 Å². The first-order valence-corrected chi connectivity index (χ1v) is 8.49. The van der Waals surface area contributed by atoms with Crippen LogP contribution in [0.25, 0.3) is 0 Å². The molecule has 0 heterocycles. The molecule has 2 amide bonds. The minimum absolute atomic E-state index is 0.0642. The maximum Gasteiger partial charge on any atom is 0.239 e. The maximum atomic E-state index is 12.0. The summed E-state index contributed by atoms with van der Waals surface area (Å²) in [6, 6.07) is 10.8. The number of benzene rings is 1. The molecule has 0 spiro atoms. The summed E-state index contributed by atoms with van der Waals surface area (Å²) in [6.07, 6.45) is 4.20. The lowest BCUT2D eigenvalue weighted by atomic mass is 9.82. The largest absolute Gasteiger partial charge is 0.352 e. The first-order chi connectivity index (χ1) is 10.9. The standard InChI is InChI=1S/C19H28N2O2/c1-19(2,3)18(23)20-13-17(22)21-16-11-9-15(10-12-16)14-7-5-4-6-8-14/h4-8,15-16H,9-13H2,1-3H3,(H,20,23)(H,21,22). The van der Waals surface area contributed by atoms with Gasteiger partial charge >= 0.3 is 0 Å². The summed E-state index contributed by atoms with van der Waals surface area (Å²) in [5, 5.41) is 5.74. The maximum absolute atomic E-state index is 12.0. The number of hydrogen-bond acceptors (Lipinski definition) is 2. The Bertz CT molecular complexity index is 526. The smallest absolute Gasteiger partial charge is 0.239 e. The van der Waals surface area contributed by atoms with Crippen LogP contribution < -0.4 is 10.6 Å². The van der Waals surface area contributed by atoms with Crippen LogP contribution in [0.15, 0.2) is 30.3 Å². The zero-order valence-electron chi connectivity index (χ0n) is 14.4. The summed E-state index contributed by atoms with van der Waals surface area (Å²) in [5.41, 5.74) is 0.934. The quantitative estimate of drug-likeness (QED) is 0.897. The van der Waals surface area contributed by atoms with Gasteiger partial charge in [-0.05, 0) is 37.2 Å². The SMILES string of the molecule is CC(C)(C)C(=O)NCC(=O)NC1CCC(c2ccccc2)CC1. The van der Waals surface area contributed by atoms with E-state index in [1.165, 1.54) is 5.56 Å². The van der Waals surface area contributed by atoms with Crippen LogP contribution in [0, 0.1) is 5.41 Å². The van der Waals surface area contributed by atoms with E-state index in [0.29, 0.717) is 5.92 Å². The zero-order valence-corrected chi connectivity index (χ0v) is 14.4. The Balaban J connectivity index is 1.72. The highest BCUT2D eigenvalue weighted by Crippen LogP contribution is 2.32. The predicted molar refractivity (Wildman–Crippen MR) is 92.0 cm³/mol. The van der Waals surface area contributed by atoms with E-state index in [0.717, 1.165) is 25.7 Å². The van der Waals surface area contributed by atoms with Crippen LogP contribution in [-0.4, -0.2) is 24.4 Å². The van der Waals surface area contributed by atoms with Gasteiger partial charge in [0.15, 0.2) is 0 Å². The van der Waals surface area contributed by atoms with Crippen LogP contribution in [0.2, 0.25) is 0 Å². The van der Waals surface area contributed by atoms with E-state index < -0.39 is 5.41 Å². The average molecular weight is 316 g/mol. The molecule has 0 bridgehead atoms. The molecule has 1 aliphatic carbocycles. The molecule has 4 heteroatoms. The number of carbonyl (C=O) groups excluding carboxylic acids is 2. The number of carbonyl (C=O) groups is 2. The number of amides is 2. The van der Waals surface area contributed by atoms with E-state index in [1.807, 2.05) is 26.8 Å². The number of hydrogen-bond donors (Lipinski definition) is 2. The molecule has 0 aromatic heterocycles. The molecule has 1 aliphatic rings. The second-order valence-corrected chi connectivity index (χ2v) is 7.46. The Hall–Kier alpha value is -1.84. The van der Waals surface area contributed by atoms with Gasteiger partial charge in [-0.2, -0.15) is 0 Å². The molecular formula is C19H28N2O2. The third-order valence-corrected chi connectivity index (χ3v) is 4.45. The van der Waals surface area contributed by atoms with E-state index in [2.05, 4.69) is 34.9 Å². The highest BCUT2D eigenvalue weighted by molar-refractivity contribution is 5.87. The van der Waals surface area contributed by atoms with Crippen molar-refractivity contribution < 1.29 is 9.59 Å². The zero-order chi connectivity index (χ0) is 16.9. The summed E-state index contributed by atoms with van der Waals surface area (Å²) in [5.74, 6) is 0.413. The van der Waals surface area contributed by atoms with E-state index in [-0.39, 0.29) is 24.4 Å². The molecule has 1 fully saturated rings. The van der Waals surface area contributed by atoms with E-state index >= 15 is 0 Å². The van der Waals surface area contributed by atoms with E-state index in [9.17, 15) is 9.59 Å². The summed E-state index contributed by atoms with van der Waals surface area (Å²) in [7, 11) is 0. The number of rotatable bonds is 4. The Morgan fingerprint density at radius 2 is 1.65 bits per heavy atom. The number of nitrogens with one attached hydrogen (secondary N) is 2. The van der Waals surface area contributed by atoms with Crippen LogP contribution in [-0.2, 0) is 9.59 Å². The third kappa shape index (κ3) is 5.38. The molecule has 126 valence electrons. The van der Waals surface area contributed by atoms with Gasteiger partial charge in [0, 0.05) is 11.5 Å². The summed E-state index contributed by atoms with van der Waals surface area (Å²) < 4.78 is 0. The van der Waals surface area contributed by atoms with Crippen molar-refractivity contribution in [3.63, 3.8) is 0 Å². The van der Waals surface area contributed by atoms with Crippen molar-refractivity contribution in [2.45, 2.75) is 58.4 Å². The summed E-state index contributed by atoms with van der Waals surface area (Å²) in [6.45, 7) is 5.58. The lowest BCUT2D eigenvalue weighted by Gasteiger charge is -2.29. The first kappa shape index (κ1) is 17.5. The minimum Gasteiger partial charge on any atom is -0.352 e. The summed E-state index contributed by atoms with van der Waals surface area (Å²) >= 11 is 0. The molecule has 0 saturated heterocycles. The Morgan fingerprint density at radius 1 is 1.04 bits per heavy atom. The Kier molecular flexibility index (Phi) is 5.80. The lowest BCUT2D eigenvalue weighted by molar-refractivity contribution is -0.131.